The van der Waals surface area contributed by atoms with Crippen LogP contribution >= 0.6 is 37.0 Å². The predicted molar refractivity (Wildman–Crippen MR) is 41.8 cm³/mol. The van der Waals surface area contributed by atoms with E-state index in [1.807, 2.05) is 0 Å². The van der Waals surface area contributed by atoms with E-state index in [1.54, 1.807) is 0 Å². The van der Waals surface area contributed by atoms with Gasteiger partial charge in [0.2, 0.25) is 5.12 Å². The van der Waals surface area contributed by atoms with E-state index in [0.717, 1.165) is 4.20 Å². The highest BCUT2D eigenvalue weighted by atomic mass is 35.5. The first-order chi connectivity index (χ1) is 4.63. The summed E-state index contributed by atoms with van der Waals surface area (Å²) in [4.78, 5) is 10.6. The third-order valence-corrected chi connectivity index (χ3v) is 1.57. The molecule has 0 unspecified atom stereocenters. The zero-order chi connectivity index (χ0) is 7.72. The Morgan fingerprint density at radius 2 is 2.30 bits per heavy atom. The molecule has 0 amide bonds. The summed E-state index contributed by atoms with van der Waals surface area (Å²) >= 11 is 12.7. The van der Waals surface area contributed by atoms with Crippen molar-refractivity contribution in [3.8, 4) is 0 Å². The number of nitrogens with zero attached hydrogens (tertiary/aromatic N) is 3. The summed E-state index contributed by atoms with van der Waals surface area (Å²) < 4.78 is 0.803. The van der Waals surface area contributed by atoms with E-state index in [0.29, 0.717) is 0 Å². The Hall–Kier alpha value is -0.200. The maximum atomic E-state index is 10.6. The number of hydrogen-bond donors (Lipinski definition) is 2. The van der Waals surface area contributed by atoms with Crippen LogP contribution in [0.1, 0.15) is 10.5 Å². The van der Waals surface area contributed by atoms with Gasteiger partial charge in [-0.25, -0.2) is 0 Å². The summed E-state index contributed by atoms with van der Waals surface area (Å²) in [5.41, 5.74) is 0.0772. The van der Waals surface area contributed by atoms with Crippen LogP contribution < -0.4 is 0 Å². The predicted octanol–water partition coefficient (Wildman–Crippen LogP) is 0.639. The first-order valence-corrected chi connectivity index (χ1v) is 3.40. The number of thiol groups is 2. The normalized spacial score (nSPS) is 9.90. The fourth-order valence-corrected chi connectivity index (χ4v) is 1.26. The highest BCUT2D eigenvalue weighted by Crippen LogP contribution is 2.12. The number of aromatic nitrogens is 3. The van der Waals surface area contributed by atoms with Gasteiger partial charge in [0.1, 0.15) is 5.03 Å². The topological polar surface area (TPSA) is 47.8 Å². The second-order valence-electron chi connectivity index (χ2n) is 1.43. The molecule has 7 heteroatoms. The molecule has 4 nitrogen and oxygen atoms in total. The number of halogens is 1. The molecule has 0 aliphatic heterocycles. The van der Waals surface area contributed by atoms with Crippen LogP contribution in [0.2, 0.25) is 0 Å². The molecule has 0 bridgehead atoms. The number of carbonyl (C=O) groups is 1. The van der Waals surface area contributed by atoms with E-state index in [-0.39, 0.29) is 10.7 Å². The SMILES string of the molecule is O=C(S)c1c(S)nnn1Cl. The van der Waals surface area contributed by atoms with Gasteiger partial charge in [0.05, 0.1) is 0 Å². The molecular formula is C3H2ClN3OS2. The van der Waals surface area contributed by atoms with Crippen LogP contribution in [-0.2, 0) is 0 Å². The summed E-state index contributed by atoms with van der Waals surface area (Å²) in [5, 5.41) is 6.40. The summed E-state index contributed by atoms with van der Waals surface area (Å²) in [7, 11) is 0. The van der Waals surface area contributed by atoms with E-state index in [9.17, 15) is 4.79 Å². The van der Waals surface area contributed by atoms with Crippen LogP contribution in [0.5, 0.6) is 0 Å². The molecule has 0 aliphatic carbocycles. The van der Waals surface area contributed by atoms with Crippen LogP contribution in [-0.4, -0.2) is 19.6 Å². The van der Waals surface area contributed by atoms with Crippen molar-refractivity contribution in [2.24, 2.45) is 0 Å². The van der Waals surface area contributed by atoms with Gasteiger partial charge in [0, 0.05) is 11.8 Å². The van der Waals surface area contributed by atoms with E-state index < -0.39 is 5.12 Å². The smallest absolute Gasteiger partial charge is 0.238 e. The number of carbonyl (C=O) groups excluding carboxylic acids is 1. The first-order valence-electron chi connectivity index (χ1n) is 2.17. The van der Waals surface area contributed by atoms with Crippen LogP contribution in [0.25, 0.3) is 0 Å². The molecule has 0 atom stereocenters. The van der Waals surface area contributed by atoms with E-state index in [4.69, 9.17) is 11.8 Å². The molecule has 0 aromatic carbocycles. The number of rotatable bonds is 1. The fourth-order valence-electron chi connectivity index (χ4n) is 0.431. The lowest BCUT2D eigenvalue weighted by Crippen LogP contribution is -1.96. The first kappa shape index (κ1) is 7.90. The van der Waals surface area contributed by atoms with Gasteiger partial charge in [-0.2, -0.15) is 0 Å². The molecule has 0 radical (unpaired) electrons. The molecular weight excluding hydrogens is 194 g/mol. The lowest BCUT2D eigenvalue weighted by Gasteiger charge is -1.88. The zero-order valence-corrected chi connectivity index (χ0v) is 7.07. The zero-order valence-electron chi connectivity index (χ0n) is 4.52. The summed E-state index contributed by atoms with van der Waals surface area (Å²) in [6.07, 6.45) is 0. The van der Waals surface area contributed by atoms with Crippen molar-refractivity contribution in [1.29, 1.82) is 0 Å². The Bertz CT molecular complexity index is 253. The van der Waals surface area contributed by atoms with Crippen LogP contribution in [0.3, 0.4) is 0 Å². The molecule has 0 N–H and O–H groups in total. The van der Waals surface area contributed by atoms with Crippen LogP contribution in [0.4, 0.5) is 0 Å². The second-order valence-corrected chi connectivity index (χ2v) is 2.58. The van der Waals surface area contributed by atoms with Crippen molar-refractivity contribution in [1.82, 2.24) is 14.5 Å². The van der Waals surface area contributed by atoms with Crippen LogP contribution in [0, 0.1) is 0 Å². The minimum atomic E-state index is -0.509. The van der Waals surface area contributed by atoms with Crippen molar-refractivity contribution in [3.63, 3.8) is 0 Å². The van der Waals surface area contributed by atoms with Crippen molar-refractivity contribution < 1.29 is 4.79 Å². The minimum absolute atomic E-state index is 0.0772. The third kappa shape index (κ3) is 1.28. The summed E-state index contributed by atoms with van der Waals surface area (Å²) in [6.45, 7) is 0. The molecule has 10 heavy (non-hydrogen) atoms. The maximum absolute atomic E-state index is 10.6. The van der Waals surface area contributed by atoms with Gasteiger partial charge in [0.25, 0.3) is 0 Å². The molecule has 0 saturated carbocycles. The molecule has 0 aliphatic rings. The summed E-state index contributed by atoms with van der Waals surface area (Å²) in [6, 6.07) is 0. The van der Waals surface area contributed by atoms with Crippen molar-refractivity contribution in [2.75, 3.05) is 0 Å². The Morgan fingerprint density at radius 3 is 2.50 bits per heavy atom. The molecule has 54 valence electrons. The molecule has 1 aromatic heterocycles. The quantitative estimate of drug-likeness (QED) is 0.647. The Balaban J connectivity index is 3.23. The number of hydrogen-bond acceptors (Lipinski definition) is 4. The Labute approximate surface area is 72.5 Å². The van der Waals surface area contributed by atoms with Gasteiger partial charge < -0.3 is 0 Å². The monoisotopic (exact) mass is 195 g/mol. The minimum Gasteiger partial charge on any atom is -0.280 e. The molecule has 0 spiro atoms. The lowest BCUT2D eigenvalue weighted by molar-refractivity contribution is 0.108. The van der Waals surface area contributed by atoms with Gasteiger partial charge in [-0.05, 0) is 5.21 Å². The van der Waals surface area contributed by atoms with Gasteiger partial charge in [-0.3, -0.25) is 4.79 Å². The molecule has 0 saturated heterocycles. The lowest BCUT2D eigenvalue weighted by atomic mass is 10.5. The highest BCUT2D eigenvalue weighted by Gasteiger charge is 2.13. The summed E-state index contributed by atoms with van der Waals surface area (Å²) in [5.74, 6) is 0. The molecule has 1 heterocycles. The van der Waals surface area contributed by atoms with Crippen molar-refractivity contribution in [3.05, 3.63) is 5.69 Å². The highest BCUT2D eigenvalue weighted by molar-refractivity contribution is 7.97. The van der Waals surface area contributed by atoms with Gasteiger partial charge >= 0.3 is 0 Å². The Morgan fingerprint density at radius 1 is 1.70 bits per heavy atom. The second kappa shape index (κ2) is 2.81. The largest absolute Gasteiger partial charge is 0.280 e. The van der Waals surface area contributed by atoms with Gasteiger partial charge in [-0.1, -0.05) is 12.6 Å². The van der Waals surface area contributed by atoms with Gasteiger partial charge in [-0.15, -0.1) is 21.9 Å². The van der Waals surface area contributed by atoms with Gasteiger partial charge in [0.15, 0.2) is 5.69 Å². The van der Waals surface area contributed by atoms with Crippen LogP contribution in [0.15, 0.2) is 5.03 Å². The van der Waals surface area contributed by atoms with E-state index in [2.05, 4.69) is 35.6 Å². The average Bonchev–Trinajstić information content (AvgIpc) is 2.11. The van der Waals surface area contributed by atoms with Crippen molar-refractivity contribution in [2.45, 2.75) is 5.03 Å². The molecule has 1 rings (SSSR count). The van der Waals surface area contributed by atoms with Crippen molar-refractivity contribution >= 4 is 42.1 Å². The maximum Gasteiger partial charge on any atom is 0.238 e. The average molecular weight is 196 g/mol. The molecule has 1 aromatic rings. The Kier molecular flexibility index (Phi) is 2.22. The van der Waals surface area contributed by atoms with E-state index >= 15 is 0 Å². The standard InChI is InChI=1S/C3H2ClN3OS2/c4-7-1(3(8)10)2(9)5-6-7/h9H,(H,8,10). The van der Waals surface area contributed by atoms with E-state index in [1.165, 1.54) is 0 Å². The molecule has 0 fully saturated rings. The fraction of sp³-hybridized carbons (Fsp3) is 0. The third-order valence-electron chi connectivity index (χ3n) is 0.817.